The van der Waals surface area contributed by atoms with E-state index in [9.17, 15) is 19.5 Å². The van der Waals surface area contributed by atoms with Crippen molar-refractivity contribution < 1.29 is 29.0 Å². The highest BCUT2D eigenvalue weighted by Gasteiger charge is 2.68. The molecule has 0 radical (unpaired) electrons. The Morgan fingerprint density at radius 2 is 1.85 bits per heavy atom. The molecule has 0 bridgehead atoms. The summed E-state index contributed by atoms with van der Waals surface area (Å²) in [5.41, 5.74) is 0.310. The van der Waals surface area contributed by atoms with Gasteiger partial charge in [-0.05, 0) is 60.5 Å². The molecule has 0 spiro atoms. The summed E-state index contributed by atoms with van der Waals surface area (Å²) in [6.07, 6.45) is 9.23. The van der Waals surface area contributed by atoms with Crippen molar-refractivity contribution in [1.82, 2.24) is 0 Å². The Kier molecular flexibility index (Phi) is 4.95. The van der Waals surface area contributed by atoms with E-state index in [1.165, 1.54) is 12.5 Å². The van der Waals surface area contributed by atoms with E-state index in [2.05, 4.69) is 32.9 Å². The number of aliphatic hydroxyl groups is 1. The van der Waals surface area contributed by atoms with Crippen LogP contribution in [0.25, 0.3) is 0 Å². The molecule has 0 aromatic heterocycles. The third-order valence-corrected chi connectivity index (χ3v) is 10.4. The van der Waals surface area contributed by atoms with Gasteiger partial charge in [0.15, 0.2) is 5.78 Å². The molecule has 1 aliphatic heterocycles. The normalized spacial score (nSPS) is 46.6. The minimum atomic E-state index is -1.18. The number of fused-ring (bicyclic) bond motifs is 5. The Hall–Kier alpha value is -2.21. The average molecular weight is 469 g/mol. The number of carbonyl (C=O) groups excluding carboxylic acids is 3. The maximum absolute atomic E-state index is 12.9. The summed E-state index contributed by atoms with van der Waals surface area (Å²) < 4.78 is 11.1. The second-order valence-electron chi connectivity index (χ2n) is 12.3. The van der Waals surface area contributed by atoms with Gasteiger partial charge in [-0.3, -0.25) is 9.59 Å². The largest absolute Gasteiger partial charge is 0.462 e. The lowest BCUT2D eigenvalue weighted by Gasteiger charge is -2.66. The van der Waals surface area contributed by atoms with E-state index in [-0.39, 0.29) is 46.4 Å². The first-order valence-electron chi connectivity index (χ1n) is 12.5. The van der Waals surface area contributed by atoms with Gasteiger partial charge < -0.3 is 14.6 Å². The van der Waals surface area contributed by atoms with Crippen molar-refractivity contribution in [1.29, 1.82) is 0 Å². The van der Waals surface area contributed by atoms with E-state index in [0.29, 0.717) is 18.4 Å². The fraction of sp³-hybridized carbons (Fsp3) is 0.679. The minimum Gasteiger partial charge on any atom is -0.462 e. The molecule has 5 aliphatic rings. The number of carbonyl (C=O) groups is 3. The molecule has 1 heterocycles. The van der Waals surface area contributed by atoms with Crippen molar-refractivity contribution in [2.24, 2.45) is 39.4 Å². The van der Waals surface area contributed by atoms with Crippen LogP contribution in [0.5, 0.6) is 0 Å². The van der Waals surface area contributed by atoms with E-state index in [1.807, 2.05) is 13.8 Å². The van der Waals surface area contributed by atoms with Gasteiger partial charge in [0.05, 0.1) is 0 Å². The lowest BCUT2D eigenvalue weighted by atomic mass is 9.38. The zero-order chi connectivity index (χ0) is 24.8. The predicted molar refractivity (Wildman–Crippen MR) is 125 cm³/mol. The third kappa shape index (κ3) is 2.87. The molecule has 1 N–H and O–H groups in total. The van der Waals surface area contributed by atoms with Crippen molar-refractivity contribution in [2.75, 3.05) is 0 Å². The number of allylic oxidation sites excluding steroid dienone is 3. The summed E-state index contributed by atoms with van der Waals surface area (Å²) in [4.78, 5) is 37.7. The number of ether oxygens (including phenoxy) is 2. The molecule has 0 aromatic carbocycles. The maximum atomic E-state index is 12.9. The van der Waals surface area contributed by atoms with Gasteiger partial charge in [-0.2, -0.15) is 0 Å². The van der Waals surface area contributed by atoms with E-state index in [4.69, 9.17) is 9.47 Å². The number of rotatable bonds is 2. The van der Waals surface area contributed by atoms with Crippen molar-refractivity contribution in [3.8, 4) is 0 Å². The molecule has 0 saturated heterocycles. The van der Waals surface area contributed by atoms with Crippen molar-refractivity contribution in [2.45, 2.75) is 79.6 Å². The zero-order valence-electron chi connectivity index (χ0n) is 21.0. The number of ketones is 1. The van der Waals surface area contributed by atoms with Crippen molar-refractivity contribution in [3.05, 3.63) is 35.5 Å². The van der Waals surface area contributed by atoms with E-state index in [1.54, 1.807) is 12.2 Å². The van der Waals surface area contributed by atoms with E-state index < -0.39 is 23.1 Å². The molecular formula is C28H36O6. The van der Waals surface area contributed by atoms with Gasteiger partial charge in [-0.25, -0.2) is 4.79 Å². The lowest BCUT2D eigenvalue weighted by Crippen LogP contribution is -2.64. The molecule has 0 aromatic rings. The van der Waals surface area contributed by atoms with Crippen LogP contribution in [0.4, 0.5) is 0 Å². The maximum Gasteiger partial charge on any atom is 0.336 e. The Morgan fingerprint density at radius 3 is 2.47 bits per heavy atom. The second-order valence-corrected chi connectivity index (χ2v) is 12.3. The summed E-state index contributed by atoms with van der Waals surface area (Å²) >= 11 is 0. The molecule has 34 heavy (non-hydrogen) atoms. The van der Waals surface area contributed by atoms with Crippen LogP contribution >= 0.6 is 0 Å². The standard InChI is InChI=1S/C28H36O6/c1-15(29)33-22-14-20-25(2,3)21(30)10-12-27(20,5)19-9-11-26(4)17(7-8-18(26)28(19,22)6)16-13-23(31)34-24(16)32/h8,10,12-13,17,19-20,22-23,31H,7,9,11,14H2,1-6H3/t17-,19+,20-,22+,23?,26-,27+,28-/m0/s1. The quantitative estimate of drug-likeness (QED) is 0.481. The molecule has 5 rings (SSSR count). The molecule has 184 valence electrons. The summed E-state index contributed by atoms with van der Waals surface area (Å²) in [7, 11) is 0. The predicted octanol–water partition coefficient (Wildman–Crippen LogP) is 4.28. The summed E-state index contributed by atoms with van der Waals surface area (Å²) in [5, 5.41) is 9.89. The molecule has 0 amide bonds. The van der Waals surface area contributed by atoms with Gasteiger partial charge in [-0.1, -0.05) is 52.3 Å². The third-order valence-electron chi connectivity index (χ3n) is 10.4. The van der Waals surface area contributed by atoms with Crippen LogP contribution in [-0.4, -0.2) is 35.2 Å². The Labute approximate surface area is 201 Å². The topological polar surface area (TPSA) is 89.9 Å². The first kappa shape index (κ1) is 23.5. The highest BCUT2D eigenvalue weighted by atomic mass is 16.6. The Bertz CT molecular complexity index is 1060. The summed E-state index contributed by atoms with van der Waals surface area (Å²) in [6, 6.07) is 0. The Morgan fingerprint density at radius 1 is 1.15 bits per heavy atom. The van der Waals surface area contributed by atoms with E-state index >= 15 is 0 Å². The van der Waals surface area contributed by atoms with Gasteiger partial charge in [-0.15, -0.1) is 0 Å². The SMILES string of the molecule is CC(=O)O[C@@H]1C[C@H]2C(C)(C)C(=O)C=C[C@]2(C)[C@H]2CC[C@]3(C)C(=CC[C@H]3C3=CC(O)OC3=O)[C@@]21C. The minimum absolute atomic E-state index is 0.0600. The summed E-state index contributed by atoms with van der Waals surface area (Å²) in [5.74, 6) is -0.454. The van der Waals surface area contributed by atoms with Crippen LogP contribution < -0.4 is 0 Å². The number of aliphatic hydroxyl groups excluding tert-OH is 1. The van der Waals surface area contributed by atoms with Gasteiger partial charge in [0, 0.05) is 29.2 Å². The Balaban J connectivity index is 1.62. The molecule has 2 saturated carbocycles. The van der Waals surface area contributed by atoms with Crippen LogP contribution in [0.2, 0.25) is 0 Å². The van der Waals surface area contributed by atoms with Crippen LogP contribution in [-0.2, 0) is 23.9 Å². The van der Waals surface area contributed by atoms with E-state index in [0.717, 1.165) is 12.8 Å². The molecular weight excluding hydrogens is 432 g/mol. The molecule has 1 unspecified atom stereocenters. The van der Waals surface area contributed by atoms with Crippen LogP contribution in [0, 0.1) is 39.4 Å². The number of hydrogen-bond donors (Lipinski definition) is 1. The van der Waals surface area contributed by atoms with Gasteiger partial charge in [0.1, 0.15) is 6.10 Å². The number of hydrogen-bond acceptors (Lipinski definition) is 6. The lowest BCUT2D eigenvalue weighted by molar-refractivity contribution is -0.187. The van der Waals surface area contributed by atoms with Crippen molar-refractivity contribution >= 4 is 17.7 Å². The number of cyclic esters (lactones) is 1. The highest BCUT2D eigenvalue weighted by Crippen LogP contribution is 2.72. The highest BCUT2D eigenvalue weighted by molar-refractivity contribution is 5.96. The fourth-order valence-corrected chi connectivity index (χ4v) is 8.78. The van der Waals surface area contributed by atoms with Gasteiger partial charge >= 0.3 is 11.9 Å². The van der Waals surface area contributed by atoms with Gasteiger partial charge in [0.2, 0.25) is 6.29 Å². The van der Waals surface area contributed by atoms with Crippen LogP contribution in [0.3, 0.4) is 0 Å². The first-order chi connectivity index (χ1) is 15.8. The average Bonchev–Trinajstić information content (AvgIpc) is 3.25. The molecule has 6 heteroatoms. The summed E-state index contributed by atoms with van der Waals surface area (Å²) in [6.45, 7) is 12.2. The molecule has 6 nitrogen and oxygen atoms in total. The first-order valence-corrected chi connectivity index (χ1v) is 12.5. The zero-order valence-corrected chi connectivity index (χ0v) is 21.0. The van der Waals surface area contributed by atoms with Crippen molar-refractivity contribution in [3.63, 3.8) is 0 Å². The second kappa shape index (κ2) is 7.16. The smallest absolute Gasteiger partial charge is 0.336 e. The fourth-order valence-electron chi connectivity index (χ4n) is 8.78. The molecule has 8 atom stereocenters. The van der Waals surface area contributed by atoms with Crippen LogP contribution in [0.1, 0.15) is 67.2 Å². The molecule has 2 fully saturated rings. The van der Waals surface area contributed by atoms with Crippen LogP contribution in [0.15, 0.2) is 35.5 Å². The number of esters is 2. The molecule has 4 aliphatic carbocycles. The van der Waals surface area contributed by atoms with Gasteiger partial charge in [0.25, 0.3) is 0 Å². The monoisotopic (exact) mass is 468 g/mol.